The van der Waals surface area contributed by atoms with Gasteiger partial charge in [0.15, 0.2) is 0 Å². The number of carbonyl (C=O) groups excluding carboxylic acids is 1. The van der Waals surface area contributed by atoms with Crippen LogP contribution in [0.3, 0.4) is 0 Å². The topological polar surface area (TPSA) is 52.3 Å². The number of fused-ring (bicyclic) bond motifs is 3. The number of halogens is 1. The first kappa shape index (κ1) is 12.8. The number of nitrogens with two attached hydrogens (primary N) is 1. The molecule has 3 rings (SSSR count). The van der Waals surface area contributed by atoms with Gasteiger partial charge >= 0.3 is 5.97 Å². The molecule has 0 amide bonds. The Hall–Kier alpha value is -0.280. The van der Waals surface area contributed by atoms with Gasteiger partial charge in [-0.15, -0.1) is 12.4 Å². The van der Waals surface area contributed by atoms with Gasteiger partial charge in [-0.25, -0.2) is 0 Å². The van der Waals surface area contributed by atoms with Crippen molar-refractivity contribution < 1.29 is 9.53 Å². The number of esters is 1. The SMILES string of the molecule is CCOC(=O)C12CCC(N)(CC1)CC2.Cl. The van der Waals surface area contributed by atoms with Gasteiger partial charge in [0.05, 0.1) is 12.0 Å². The lowest BCUT2D eigenvalue weighted by molar-refractivity contribution is -0.162. The summed E-state index contributed by atoms with van der Waals surface area (Å²) in [4.78, 5) is 11.8. The minimum absolute atomic E-state index is 0. The average molecular weight is 234 g/mol. The fourth-order valence-electron chi connectivity index (χ4n) is 2.81. The van der Waals surface area contributed by atoms with E-state index in [4.69, 9.17) is 10.5 Å². The van der Waals surface area contributed by atoms with E-state index in [9.17, 15) is 4.79 Å². The Morgan fingerprint density at radius 1 is 1.20 bits per heavy atom. The third-order valence-corrected chi connectivity index (χ3v) is 4.01. The monoisotopic (exact) mass is 233 g/mol. The molecular formula is C11H20ClNO2. The molecule has 0 aliphatic heterocycles. The minimum atomic E-state index is -0.170. The van der Waals surface area contributed by atoms with E-state index in [0.717, 1.165) is 38.5 Å². The van der Waals surface area contributed by atoms with Gasteiger partial charge in [-0.2, -0.15) is 0 Å². The van der Waals surface area contributed by atoms with E-state index in [1.165, 1.54) is 0 Å². The molecule has 88 valence electrons. The molecule has 3 nitrogen and oxygen atoms in total. The molecule has 0 heterocycles. The van der Waals surface area contributed by atoms with Gasteiger partial charge in [0.1, 0.15) is 0 Å². The van der Waals surface area contributed by atoms with Crippen LogP contribution in [0.15, 0.2) is 0 Å². The second-order valence-corrected chi connectivity index (χ2v) is 4.86. The summed E-state index contributed by atoms with van der Waals surface area (Å²) in [6.07, 6.45) is 5.77. The molecule has 0 aromatic rings. The zero-order chi connectivity index (χ0) is 10.2. The molecule has 3 saturated carbocycles. The molecular weight excluding hydrogens is 214 g/mol. The predicted molar refractivity (Wildman–Crippen MR) is 60.9 cm³/mol. The maximum Gasteiger partial charge on any atom is 0.312 e. The average Bonchev–Trinajstić information content (AvgIpc) is 2.20. The number of ether oxygens (including phenoxy) is 1. The van der Waals surface area contributed by atoms with E-state index < -0.39 is 0 Å². The molecule has 3 aliphatic carbocycles. The maximum absolute atomic E-state index is 11.8. The van der Waals surface area contributed by atoms with E-state index in [0.29, 0.717) is 6.61 Å². The highest BCUT2D eigenvalue weighted by Crippen LogP contribution is 2.51. The Labute approximate surface area is 97.1 Å². The van der Waals surface area contributed by atoms with Gasteiger partial charge in [-0.05, 0) is 45.4 Å². The van der Waals surface area contributed by atoms with Gasteiger partial charge in [-0.1, -0.05) is 0 Å². The highest BCUT2D eigenvalue weighted by atomic mass is 35.5. The van der Waals surface area contributed by atoms with Crippen LogP contribution >= 0.6 is 12.4 Å². The second kappa shape index (κ2) is 4.30. The van der Waals surface area contributed by atoms with Crippen molar-refractivity contribution in [3.05, 3.63) is 0 Å². The standard InChI is InChI=1S/C11H19NO2.ClH/c1-2-14-9(13)10-3-6-11(12,7-4-10)8-5-10;/h2-8,12H2,1H3;1H. The van der Waals surface area contributed by atoms with Gasteiger partial charge < -0.3 is 10.5 Å². The molecule has 0 saturated heterocycles. The predicted octanol–water partition coefficient (Wildman–Crippen LogP) is 2.02. The fraction of sp³-hybridized carbons (Fsp3) is 0.909. The van der Waals surface area contributed by atoms with Gasteiger partial charge in [-0.3, -0.25) is 4.79 Å². The molecule has 0 unspecified atom stereocenters. The van der Waals surface area contributed by atoms with Crippen LogP contribution in [0.1, 0.15) is 45.4 Å². The quantitative estimate of drug-likeness (QED) is 0.743. The molecule has 0 aromatic heterocycles. The van der Waals surface area contributed by atoms with E-state index in [2.05, 4.69) is 0 Å². The van der Waals surface area contributed by atoms with Gasteiger partial charge in [0, 0.05) is 5.54 Å². The summed E-state index contributed by atoms with van der Waals surface area (Å²) in [5.41, 5.74) is 6.04. The Kier molecular flexibility index (Phi) is 3.67. The smallest absolute Gasteiger partial charge is 0.312 e. The largest absolute Gasteiger partial charge is 0.466 e. The van der Waals surface area contributed by atoms with Crippen molar-refractivity contribution >= 4 is 18.4 Å². The summed E-state index contributed by atoms with van der Waals surface area (Å²) in [6.45, 7) is 2.36. The van der Waals surface area contributed by atoms with Crippen LogP contribution in [-0.2, 0) is 9.53 Å². The summed E-state index contributed by atoms with van der Waals surface area (Å²) in [5.74, 6) is 0.0155. The lowest BCUT2D eigenvalue weighted by Crippen LogP contribution is -2.54. The second-order valence-electron chi connectivity index (χ2n) is 4.86. The van der Waals surface area contributed by atoms with E-state index in [1.807, 2.05) is 6.92 Å². The highest BCUT2D eigenvalue weighted by Gasteiger charge is 2.51. The van der Waals surface area contributed by atoms with Crippen molar-refractivity contribution in [3.63, 3.8) is 0 Å². The van der Waals surface area contributed by atoms with Crippen molar-refractivity contribution in [2.45, 2.75) is 51.0 Å². The Bertz CT molecular complexity index is 230. The molecule has 2 N–H and O–H groups in total. The number of hydrogen-bond donors (Lipinski definition) is 1. The molecule has 3 aliphatic rings. The Balaban J connectivity index is 0.00000112. The Morgan fingerprint density at radius 2 is 1.67 bits per heavy atom. The number of hydrogen-bond acceptors (Lipinski definition) is 3. The lowest BCUT2D eigenvalue weighted by Gasteiger charge is -2.50. The van der Waals surface area contributed by atoms with Crippen LogP contribution in [0.25, 0.3) is 0 Å². The third-order valence-electron chi connectivity index (χ3n) is 4.01. The summed E-state index contributed by atoms with van der Waals surface area (Å²) < 4.78 is 5.15. The first-order valence-electron chi connectivity index (χ1n) is 5.56. The molecule has 0 atom stereocenters. The van der Waals surface area contributed by atoms with Crippen molar-refractivity contribution in [2.75, 3.05) is 6.61 Å². The summed E-state index contributed by atoms with van der Waals surface area (Å²) in [6, 6.07) is 0. The normalized spacial score (nSPS) is 38.3. The number of carbonyl (C=O) groups is 1. The zero-order valence-corrected chi connectivity index (χ0v) is 10.1. The molecule has 0 radical (unpaired) electrons. The summed E-state index contributed by atoms with van der Waals surface area (Å²) in [5, 5.41) is 0. The van der Waals surface area contributed by atoms with Gasteiger partial charge in [0.2, 0.25) is 0 Å². The van der Waals surface area contributed by atoms with Crippen LogP contribution in [0.2, 0.25) is 0 Å². The van der Waals surface area contributed by atoms with Crippen molar-refractivity contribution in [1.82, 2.24) is 0 Å². The molecule has 0 aromatic carbocycles. The van der Waals surface area contributed by atoms with Crippen LogP contribution in [-0.4, -0.2) is 18.1 Å². The van der Waals surface area contributed by atoms with Crippen LogP contribution in [0, 0.1) is 5.41 Å². The summed E-state index contributed by atoms with van der Waals surface area (Å²) in [7, 11) is 0. The molecule has 15 heavy (non-hydrogen) atoms. The highest BCUT2D eigenvalue weighted by molar-refractivity contribution is 5.85. The van der Waals surface area contributed by atoms with Crippen LogP contribution < -0.4 is 5.73 Å². The Morgan fingerprint density at radius 3 is 2.07 bits per heavy atom. The molecule has 3 fully saturated rings. The molecule has 4 heteroatoms. The zero-order valence-electron chi connectivity index (χ0n) is 9.25. The fourth-order valence-corrected chi connectivity index (χ4v) is 2.81. The minimum Gasteiger partial charge on any atom is -0.466 e. The molecule has 2 bridgehead atoms. The van der Waals surface area contributed by atoms with Crippen LogP contribution in [0.4, 0.5) is 0 Å². The first-order chi connectivity index (χ1) is 6.60. The summed E-state index contributed by atoms with van der Waals surface area (Å²) >= 11 is 0. The van der Waals surface area contributed by atoms with E-state index in [-0.39, 0.29) is 29.3 Å². The van der Waals surface area contributed by atoms with Crippen molar-refractivity contribution in [3.8, 4) is 0 Å². The first-order valence-corrected chi connectivity index (χ1v) is 5.56. The molecule has 0 spiro atoms. The van der Waals surface area contributed by atoms with Crippen LogP contribution in [0.5, 0.6) is 0 Å². The third kappa shape index (κ3) is 2.13. The van der Waals surface area contributed by atoms with E-state index >= 15 is 0 Å². The van der Waals surface area contributed by atoms with Crippen molar-refractivity contribution in [1.29, 1.82) is 0 Å². The van der Waals surface area contributed by atoms with Crippen molar-refractivity contribution in [2.24, 2.45) is 11.1 Å². The lowest BCUT2D eigenvalue weighted by atomic mass is 9.57. The maximum atomic E-state index is 11.8. The number of rotatable bonds is 2. The van der Waals surface area contributed by atoms with Gasteiger partial charge in [0.25, 0.3) is 0 Å². The van der Waals surface area contributed by atoms with E-state index in [1.54, 1.807) is 0 Å².